The van der Waals surface area contributed by atoms with Crippen LogP contribution in [0.1, 0.15) is 10.5 Å². The summed E-state index contributed by atoms with van der Waals surface area (Å²) < 4.78 is 13.1. The second kappa shape index (κ2) is 4.42. The molecule has 94 valence electrons. The summed E-state index contributed by atoms with van der Waals surface area (Å²) in [5.41, 5.74) is 1.31. The maximum atomic E-state index is 13.1. The van der Waals surface area contributed by atoms with Crippen molar-refractivity contribution >= 4 is 16.8 Å². The first-order valence-electron chi connectivity index (χ1n) is 6.02. The van der Waals surface area contributed by atoms with E-state index in [2.05, 4.69) is 10.3 Å². The molecule has 1 aromatic carbocycles. The number of nitrogens with zero attached hydrogens (tertiary/aromatic N) is 1. The van der Waals surface area contributed by atoms with Gasteiger partial charge >= 0.3 is 0 Å². The second-order valence-corrected chi connectivity index (χ2v) is 4.46. The number of piperazine rings is 1. The zero-order chi connectivity index (χ0) is 12.5. The number of fused-ring (bicyclic) bond motifs is 1. The molecule has 1 fully saturated rings. The van der Waals surface area contributed by atoms with Crippen LogP contribution in [0, 0.1) is 5.82 Å². The number of benzene rings is 1. The van der Waals surface area contributed by atoms with Crippen molar-refractivity contribution in [3.8, 4) is 0 Å². The number of amides is 1. The first-order chi connectivity index (χ1) is 8.74. The van der Waals surface area contributed by atoms with Gasteiger partial charge in [-0.15, -0.1) is 0 Å². The van der Waals surface area contributed by atoms with Crippen molar-refractivity contribution in [2.45, 2.75) is 0 Å². The summed E-state index contributed by atoms with van der Waals surface area (Å²) in [4.78, 5) is 17.1. The standard InChI is InChI=1S/C13H14FN3O/c14-10-1-2-11-9(7-10)8-12(16-11)13(18)17-5-3-15-4-6-17/h1-2,7-8,15-16H,3-6H2. The van der Waals surface area contributed by atoms with E-state index in [1.54, 1.807) is 17.0 Å². The number of hydrogen-bond donors (Lipinski definition) is 2. The van der Waals surface area contributed by atoms with E-state index in [0.717, 1.165) is 24.0 Å². The number of carbonyl (C=O) groups is 1. The summed E-state index contributed by atoms with van der Waals surface area (Å²) in [7, 11) is 0. The maximum absolute atomic E-state index is 13.1. The monoisotopic (exact) mass is 247 g/mol. The van der Waals surface area contributed by atoms with Crippen molar-refractivity contribution in [3.05, 3.63) is 35.8 Å². The largest absolute Gasteiger partial charge is 0.351 e. The van der Waals surface area contributed by atoms with E-state index in [0.29, 0.717) is 18.8 Å². The lowest BCUT2D eigenvalue weighted by molar-refractivity contribution is 0.0731. The van der Waals surface area contributed by atoms with E-state index >= 15 is 0 Å². The van der Waals surface area contributed by atoms with Gasteiger partial charge in [0.1, 0.15) is 11.5 Å². The summed E-state index contributed by atoms with van der Waals surface area (Å²) >= 11 is 0. The summed E-state index contributed by atoms with van der Waals surface area (Å²) in [6, 6.07) is 6.18. The topological polar surface area (TPSA) is 48.1 Å². The molecule has 1 saturated heterocycles. The lowest BCUT2D eigenvalue weighted by atomic mass is 10.2. The third kappa shape index (κ3) is 1.97. The van der Waals surface area contributed by atoms with Crippen LogP contribution in [-0.4, -0.2) is 42.0 Å². The Hall–Kier alpha value is -1.88. The highest BCUT2D eigenvalue weighted by atomic mass is 19.1. The maximum Gasteiger partial charge on any atom is 0.270 e. The lowest BCUT2D eigenvalue weighted by Crippen LogP contribution is -2.46. The van der Waals surface area contributed by atoms with Gasteiger partial charge in [-0.3, -0.25) is 4.79 Å². The summed E-state index contributed by atoms with van der Waals surface area (Å²) in [5, 5.41) is 3.93. The van der Waals surface area contributed by atoms with Crippen molar-refractivity contribution < 1.29 is 9.18 Å². The van der Waals surface area contributed by atoms with Crippen LogP contribution < -0.4 is 5.32 Å². The Balaban J connectivity index is 1.91. The molecule has 2 N–H and O–H groups in total. The van der Waals surface area contributed by atoms with E-state index in [-0.39, 0.29) is 11.7 Å². The van der Waals surface area contributed by atoms with E-state index in [1.165, 1.54) is 12.1 Å². The van der Waals surface area contributed by atoms with Gasteiger partial charge in [0.05, 0.1) is 0 Å². The molecule has 1 aliphatic heterocycles. The molecule has 4 nitrogen and oxygen atoms in total. The zero-order valence-electron chi connectivity index (χ0n) is 9.87. The first kappa shape index (κ1) is 11.2. The average molecular weight is 247 g/mol. The Morgan fingerprint density at radius 2 is 2.00 bits per heavy atom. The van der Waals surface area contributed by atoms with Crippen LogP contribution in [0.3, 0.4) is 0 Å². The predicted octanol–water partition coefficient (Wildman–Crippen LogP) is 1.35. The van der Waals surface area contributed by atoms with Gasteiger partial charge in [0.15, 0.2) is 0 Å². The molecule has 1 amide bonds. The molecule has 2 heterocycles. The molecule has 0 unspecified atom stereocenters. The summed E-state index contributed by atoms with van der Waals surface area (Å²) in [6.07, 6.45) is 0. The first-order valence-corrected chi connectivity index (χ1v) is 6.02. The molecule has 0 atom stereocenters. The van der Waals surface area contributed by atoms with Crippen LogP contribution in [-0.2, 0) is 0 Å². The highest BCUT2D eigenvalue weighted by molar-refractivity contribution is 5.98. The predicted molar refractivity (Wildman–Crippen MR) is 67.0 cm³/mol. The van der Waals surface area contributed by atoms with E-state index in [4.69, 9.17) is 0 Å². The SMILES string of the molecule is O=C(c1cc2cc(F)ccc2[nH]1)N1CCNCC1. The highest BCUT2D eigenvalue weighted by Gasteiger charge is 2.19. The van der Waals surface area contributed by atoms with E-state index in [9.17, 15) is 9.18 Å². The highest BCUT2D eigenvalue weighted by Crippen LogP contribution is 2.17. The Kier molecular flexibility index (Phi) is 2.76. The molecule has 1 aromatic heterocycles. The number of rotatable bonds is 1. The minimum atomic E-state index is -0.289. The summed E-state index contributed by atoms with van der Waals surface area (Å²) in [6.45, 7) is 3.06. The molecule has 2 aromatic rings. The Bertz CT molecular complexity index is 587. The van der Waals surface area contributed by atoms with Gasteiger partial charge in [0, 0.05) is 37.1 Å². The number of halogens is 1. The third-order valence-corrected chi connectivity index (χ3v) is 3.22. The van der Waals surface area contributed by atoms with Gasteiger partial charge in [-0.1, -0.05) is 0 Å². The fourth-order valence-corrected chi connectivity index (χ4v) is 2.26. The van der Waals surface area contributed by atoms with Gasteiger partial charge in [-0.2, -0.15) is 0 Å². The van der Waals surface area contributed by atoms with Crippen LogP contribution in [0.25, 0.3) is 10.9 Å². The van der Waals surface area contributed by atoms with Crippen LogP contribution in [0.5, 0.6) is 0 Å². The minimum absolute atomic E-state index is 0.0203. The number of aromatic nitrogens is 1. The number of aromatic amines is 1. The average Bonchev–Trinajstić information content (AvgIpc) is 2.81. The molecule has 0 spiro atoms. The Morgan fingerprint density at radius 1 is 1.22 bits per heavy atom. The van der Waals surface area contributed by atoms with E-state index in [1.807, 2.05) is 0 Å². The molecule has 1 aliphatic rings. The third-order valence-electron chi connectivity index (χ3n) is 3.22. The Morgan fingerprint density at radius 3 is 2.78 bits per heavy atom. The fraction of sp³-hybridized carbons (Fsp3) is 0.308. The van der Waals surface area contributed by atoms with Crippen LogP contribution >= 0.6 is 0 Å². The van der Waals surface area contributed by atoms with Crippen LogP contribution in [0.15, 0.2) is 24.3 Å². The summed E-state index contributed by atoms with van der Waals surface area (Å²) in [5.74, 6) is -0.309. The number of H-pyrrole nitrogens is 1. The molecule has 18 heavy (non-hydrogen) atoms. The van der Waals surface area contributed by atoms with Gasteiger partial charge in [0.2, 0.25) is 0 Å². The molecule has 5 heteroatoms. The Labute approximate surface area is 104 Å². The molecular formula is C13H14FN3O. The van der Waals surface area contributed by atoms with Crippen LogP contribution in [0.2, 0.25) is 0 Å². The smallest absolute Gasteiger partial charge is 0.270 e. The normalized spacial score (nSPS) is 16.2. The van der Waals surface area contributed by atoms with Crippen molar-refractivity contribution in [1.29, 1.82) is 0 Å². The number of hydrogen-bond acceptors (Lipinski definition) is 2. The van der Waals surface area contributed by atoms with Crippen molar-refractivity contribution in [2.24, 2.45) is 0 Å². The molecule has 0 bridgehead atoms. The number of nitrogens with one attached hydrogen (secondary N) is 2. The molecule has 0 radical (unpaired) electrons. The van der Waals surface area contributed by atoms with Crippen molar-refractivity contribution in [2.75, 3.05) is 26.2 Å². The van der Waals surface area contributed by atoms with Crippen LogP contribution in [0.4, 0.5) is 4.39 Å². The van der Waals surface area contributed by atoms with Crippen molar-refractivity contribution in [3.63, 3.8) is 0 Å². The second-order valence-electron chi connectivity index (χ2n) is 4.46. The molecule has 0 aliphatic carbocycles. The van der Waals surface area contributed by atoms with Gasteiger partial charge in [-0.25, -0.2) is 4.39 Å². The van der Waals surface area contributed by atoms with Gasteiger partial charge in [0.25, 0.3) is 5.91 Å². The van der Waals surface area contributed by atoms with Gasteiger partial charge in [-0.05, 0) is 24.3 Å². The fourth-order valence-electron chi connectivity index (χ4n) is 2.26. The lowest BCUT2D eigenvalue weighted by Gasteiger charge is -2.26. The number of carbonyl (C=O) groups excluding carboxylic acids is 1. The van der Waals surface area contributed by atoms with E-state index < -0.39 is 0 Å². The molecule has 3 rings (SSSR count). The zero-order valence-corrected chi connectivity index (χ0v) is 9.87. The molecular weight excluding hydrogens is 233 g/mol. The van der Waals surface area contributed by atoms with Gasteiger partial charge < -0.3 is 15.2 Å². The minimum Gasteiger partial charge on any atom is -0.351 e. The molecule has 0 saturated carbocycles. The van der Waals surface area contributed by atoms with Crippen molar-refractivity contribution in [1.82, 2.24) is 15.2 Å². The quantitative estimate of drug-likeness (QED) is 0.799.